The van der Waals surface area contributed by atoms with E-state index in [-0.39, 0.29) is 19.2 Å². The van der Waals surface area contributed by atoms with Crippen LogP contribution < -0.4 is 5.73 Å². The molecule has 0 spiro atoms. The largest absolute Gasteiger partial charge is 0.394 e. The maximum atomic E-state index is 14.5. The number of halogens is 1. The van der Waals surface area contributed by atoms with Crippen LogP contribution in [0.3, 0.4) is 0 Å². The van der Waals surface area contributed by atoms with Crippen LogP contribution >= 0.6 is 0 Å². The first-order valence-corrected chi connectivity index (χ1v) is 7.51. The summed E-state index contributed by atoms with van der Waals surface area (Å²) in [4.78, 5) is 12.0. The molecule has 1 aromatic carbocycles. The van der Waals surface area contributed by atoms with Crippen molar-refractivity contribution in [3.63, 3.8) is 0 Å². The van der Waals surface area contributed by atoms with Gasteiger partial charge in [-0.2, -0.15) is 0 Å². The predicted octanol–water partition coefficient (Wildman–Crippen LogP) is 2.06. The third-order valence-electron chi connectivity index (χ3n) is 3.60. The van der Waals surface area contributed by atoms with Crippen molar-refractivity contribution in [1.82, 2.24) is 9.97 Å². The van der Waals surface area contributed by atoms with Gasteiger partial charge < -0.3 is 15.6 Å². The first kappa shape index (κ1) is 16.2. The molecule has 6 nitrogen and oxygen atoms in total. The molecular formula is C17H17FN4O2. The number of aliphatic imine (C=N–C) groups is 1. The molecule has 7 heteroatoms. The zero-order valence-corrected chi connectivity index (χ0v) is 12.9. The molecule has 124 valence electrons. The van der Waals surface area contributed by atoms with E-state index in [9.17, 15) is 4.39 Å². The Labute approximate surface area is 138 Å². The van der Waals surface area contributed by atoms with Crippen molar-refractivity contribution in [2.24, 2.45) is 4.99 Å². The maximum Gasteiger partial charge on any atom is 0.219 e. The van der Waals surface area contributed by atoms with Crippen LogP contribution in [-0.4, -0.2) is 40.7 Å². The van der Waals surface area contributed by atoms with E-state index in [4.69, 9.17) is 15.6 Å². The molecule has 1 aromatic heterocycles. The van der Waals surface area contributed by atoms with Gasteiger partial charge in [0.1, 0.15) is 5.82 Å². The summed E-state index contributed by atoms with van der Waals surface area (Å²) in [5.74, 6) is -0.248. The average Bonchev–Trinajstić information content (AvgIpc) is 2.61. The van der Waals surface area contributed by atoms with Crippen molar-refractivity contribution in [2.45, 2.75) is 12.6 Å². The normalized spacial score (nSPS) is 16.9. The summed E-state index contributed by atoms with van der Waals surface area (Å²) >= 11 is 0. The Bertz CT molecular complexity index is 775. The summed E-state index contributed by atoms with van der Waals surface area (Å²) < 4.78 is 20.0. The third-order valence-corrected chi connectivity index (χ3v) is 3.60. The quantitative estimate of drug-likeness (QED) is 0.876. The molecule has 0 saturated carbocycles. The second-order valence-electron chi connectivity index (χ2n) is 5.20. The number of aromatic nitrogens is 2. The van der Waals surface area contributed by atoms with Gasteiger partial charge in [0.05, 0.1) is 13.2 Å². The van der Waals surface area contributed by atoms with Crippen molar-refractivity contribution < 1.29 is 14.2 Å². The number of nitrogen functional groups attached to an aromatic ring is 1. The summed E-state index contributed by atoms with van der Waals surface area (Å²) in [6, 6.07) is 4.91. The van der Waals surface area contributed by atoms with Gasteiger partial charge in [-0.25, -0.2) is 14.4 Å². The van der Waals surface area contributed by atoms with Crippen LogP contribution in [0.15, 0.2) is 41.7 Å². The zero-order chi connectivity index (χ0) is 16.9. The number of dihydropyridines is 1. The van der Waals surface area contributed by atoms with Gasteiger partial charge in [0.25, 0.3) is 0 Å². The SMILES string of the molecule is Nc1ncc(-c2ccc(C3=CCC=NC3OCCO)cc2F)cn1. The van der Waals surface area contributed by atoms with E-state index in [2.05, 4.69) is 15.0 Å². The number of anilines is 1. The number of benzene rings is 1. The second kappa shape index (κ2) is 7.29. The number of allylic oxidation sites excluding steroid dienone is 1. The van der Waals surface area contributed by atoms with Crippen molar-refractivity contribution in [3.8, 4) is 11.1 Å². The Morgan fingerprint density at radius 1 is 1.25 bits per heavy atom. The Kier molecular flexibility index (Phi) is 4.93. The summed E-state index contributed by atoms with van der Waals surface area (Å²) in [6.45, 7) is 0.0758. The van der Waals surface area contributed by atoms with Crippen LogP contribution in [0.5, 0.6) is 0 Å². The minimum Gasteiger partial charge on any atom is -0.394 e. The van der Waals surface area contributed by atoms with Gasteiger partial charge in [0, 0.05) is 41.7 Å². The van der Waals surface area contributed by atoms with E-state index in [1.807, 2.05) is 6.08 Å². The van der Waals surface area contributed by atoms with Gasteiger partial charge in [0.15, 0.2) is 6.23 Å². The van der Waals surface area contributed by atoms with Gasteiger partial charge in [-0.05, 0) is 11.6 Å². The highest BCUT2D eigenvalue weighted by Gasteiger charge is 2.19. The highest BCUT2D eigenvalue weighted by atomic mass is 19.1. The fraction of sp³-hybridized carbons (Fsp3) is 0.235. The number of nitrogens with two attached hydrogens (primary N) is 1. The molecule has 0 saturated heterocycles. The van der Waals surface area contributed by atoms with Crippen molar-refractivity contribution in [1.29, 1.82) is 0 Å². The first-order valence-electron chi connectivity index (χ1n) is 7.51. The number of aliphatic hydroxyl groups is 1. The summed E-state index contributed by atoms with van der Waals surface area (Å²) in [7, 11) is 0. The Morgan fingerprint density at radius 2 is 2.04 bits per heavy atom. The van der Waals surface area contributed by atoms with Gasteiger partial charge in [-0.15, -0.1) is 0 Å². The number of nitrogens with zero attached hydrogens (tertiary/aromatic N) is 3. The van der Waals surface area contributed by atoms with Crippen LogP contribution in [0.4, 0.5) is 10.3 Å². The van der Waals surface area contributed by atoms with Gasteiger partial charge >= 0.3 is 0 Å². The van der Waals surface area contributed by atoms with E-state index in [0.29, 0.717) is 23.1 Å². The fourth-order valence-electron chi connectivity index (χ4n) is 2.48. The molecule has 24 heavy (non-hydrogen) atoms. The highest BCUT2D eigenvalue weighted by Crippen LogP contribution is 2.29. The highest BCUT2D eigenvalue weighted by molar-refractivity contribution is 5.78. The van der Waals surface area contributed by atoms with Gasteiger partial charge in [-0.3, -0.25) is 4.99 Å². The van der Waals surface area contributed by atoms with Gasteiger partial charge in [-0.1, -0.05) is 18.2 Å². The lowest BCUT2D eigenvalue weighted by atomic mass is 9.98. The molecular weight excluding hydrogens is 311 g/mol. The molecule has 1 atom stereocenters. The fourth-order valence-corrected chi connectivity index (χ4v) is 2.48. The van der Waals surface area contributed by atoms with Gasteiger partial charge in [0.2, 0.25) is 5.95 Å². The lowest BCUT2D eigenvalue weighted by Crippen LogP contribution is -2.17. The Balaban J connectivity index is 1.88. The number of hydrogen-bond acceptors (Lipinski definition) is 6. The van der Waals surface area contributed by atoms with Crippen LogP contribution in [0.1, 0.15) is 12.0 Å². The lowest BCUT2D eigenvalue weighted by molar-refractivity contribution is 0.0640. The van der Waals surface area contributed by atoms with Crippen molar-refractivity contribution in [2.75, 3.05) is 18.9 Å². The maximum absolute atomic E-state index is 14.5. The Morgan fingerprint density at radius 3 is 2.75 bits per heavy atom. The third kappa shape index (κ3) is 3.47. The molecule has 1 aliphatic rings. The number of rotatable bonds is 5. The Hall–Kier alpha value is -2.64. The van der Waals surface area contributed by atoms with Crippen molar-refractivity contribution >= 4 is 17.7 Å². The summed E-state index contributed by atoms with van der Waals surface area (Å²) in [5.41, 5.74) is 7.87. The standard InChI is InChI=1S/C17H17FN4O2/c18-15-8-11(14-2-1-5-20-16(14)24-7-6-23)3-4-13(15)12-9-21-17(19)22-10-12/h2-5,8-10,16,23H,1,6-7H2,(H2,19,21,22). The first-order chi connectivity index (χ1) is 11.7. The van der Waals surface area contributed by atoms with E-state index >= 15 is 0 Å². The molecule has 1 unspecified atom stereocenters. The molecule has 0 aliphatic carbocycles. The number of ether oxygens (including phenoxy) is 1. The van der Waals surface area contributed by atoms with E-state index in [1.54, 1.807) is 18.3 Å². The van der Waals surface area contributed by atoms with E-state index in [1.165, 1.54) is 18.5 Å². The number of hydrogen-bond donors (Lipinski definition) is 2. The summed E-state index contributed by atoms with van der Waals surface area (Å²) in [5, 5.41) is 8.90. The minimum absolute atomic E-state index is 0.0935. The monoisotopic (exact) mass is 328 g/mol. The molecule has 0 amide bonds. The van der Waals surface area contributed by atoms with E-state index < -0.39 is 12.0 Å². The van der Waals surface area contributed by atoms with Crippen LogP contribution in [-0.2, 0) is 4.74 Å². The summed E-state index contributed by atoms with van der Waals surface area (Å²) in [6.07, 6.45) is 6.77. The molecule has 0 radical (unpaired) electrons. The zero-order valence-electron chi connectivity index (χ0n) is 12.9. The molecule has 2 aromatic rings. The molecule has 2 heterocycles. The molecule has 0 bridgehead atoms. The van der Waals surface area contributed by atoms with Crippen LogP contribution in [0, 0.1) is 5.82 Å². The average molecular weight is 328 g/mol. The van der Waals surface area contributed by atoms with Crippen molar-refractivity contribution in [3.05, 3.63) is 48.0 Å². The van der Waals surface area contributed by atoms with E-state index in [0.717, 1.165) is 5.57 Å². The van der Waals surface area contributed by atoms with Crippen LogP contribution in [0.2, 0.25) is 0 Å². The number of aliphatic hydroxyl groups excluding tert-OH is 1. The van der Waals surface area contributed by atoms with Crippen LogP contribution in [0.25, 0.3) is 16.7 Å². The molecule has 3 N–H and O–H groups in total. The predicted molar refractivity (Wildman–Crippen MR) is 89.8 cm³/mol. The minimum atomic E-state index is -0.531. The second-order valence-corrected chi connectivity index (χ2v) is 5.20. The molecule has 1 aliphatic heterocycles. The lowest BCUT2D eigenvalue weighted by Gasteiger charge is -2.20. The molecule has 3 rings (SSSR count). The molecule has 0 fully saturated rings. The smallest absolute Gasteiger partial charge is 0.219 e. The topological polar surface area (TPSA) is 93.6 Å².